The van der Waals surface area contributed by atoms with Gasteiger partial charge >= 0.3 is 0 Å². The summed E-state index contributed by atoms with van der Waals surface area (Å²) in [6.07, 6.45) is 4.85. The molecule has 1 unspecified atom stereocenters. The zero-order chi connectivity index (χ0) is 16.7. The number of carbonyl (C=O) groups is 1. The molecule has 1 aliphatic carbocycles. The van der Waals surface area contributed by atoms with E-state index in [9.17, 15) is 9.59 Å². The Morgan fingerprint density at radius 2 is 2.08 bits per heavy atom. The number of fused-ring (bicyclic) bond motifs is 1. The molecule has 2 aliphatic rings. The number of nitrogen functional groups attached to an aromatic ring is 1. The number of H-pyrrole nitrogens is 1. The fourth-order valence-corrected chi connectivity index (χ4v) is 3.41. The second kappa shape index (κ2) is 5.63. The zero-order valence-electron chi connectivity index (χ0n) is 13.1. The van der Waals surface area contributed by atoms with E-state index in [-0.39, 0.29) is 29.1 Å². The number of anilines is 1. The maximum atomic E-state index is 12.8. The lowest BCUT2D eigenvalue weighted by Crippen LogP contribution is -2.51. The van der Waals surface area contributed by atoms with Crippen LogP contribution < -0.4 is 11.3 Å². The van der Waals surface area contributed by atoms with Crippen molar-refractivity contribution < 1.29 is 4.79 Å². The number of nitrogens with one attached hydrogen (secondary N) is 1. The number of carbonyl (C=O) groups excluding carboxylic acids is 1. The van der Waals surface area contributed by atoms with Crippen molar-refractivity contribution in [1.82, 2.24) is 14.9 Å². The molecule has 1 saturated heterocycles. The summed E-state index contributed by atoms with van der Waals surface area (Å²) in [6, 6.07) is 9.27. The maximum Gasteiger partial charge on any atom is 0.252 e. The molecule has 4 rings (SSSR count). The fourth-order valence-electron chi connectivity index (χ4n) is 3.41. The van der Waals surface area contributed by atoms with Gasteiger partial charge in [0.15, 0.2) is 0 Å². The van der Waals surface area contributed by atoms with Gasteiger partial charge < -0.3 is 15.6 Å². The first-order chi connectivity index (χ1) is 11.6. The van der Waals surface area contributed by atoms with E-state index in [1.54, 1.807) is 0 Å². The van der Waals surface area contributed by atoms with Crippen molar-refractivity contribution in [3.63, 3.8) is 0 Å². The van der Waals surface area contributed by atoms with Crippen LogP contribution in [0.1, 0.15) is 35.2 Å². The van der Waals surface area contributed by atoms with Crippen LogP contribution >= 0.6 is 0 Å². The van der Waals surface area contributed by atoms with Gasteiger partial charge in [-0.25, -0.2) is 4.98 Å². The van der Waals surface area contributed by atoms with Gasteiger partial charge in [-0.3, -0.25) is 9.59 Å². The van der Waals surface area contributed by atoms with Crippen molar-refractivity contribution in [1.29, 1.82) is 0 Å². The maximum absolute atomic E-state index is 12.8. The van der Waals surface area contributed by atoms with Crippen molar-refractivity contribution in [3.05, 3.63) is 63.7 Å². The van der Waals surface area contributed by atoms with Crippen LogP contribution in [0.25, 0.3) is 6.08 Å². The number of allylic oxidation sites excluding steroid dienone is 1. The van der Waals surface area contributed by atoms with Crippen LogP contribution in [0.3, 0.4) is 0 Å². The number of aromatic nitrogens is 2. The number of aromatic amines is 1. The van der Waals surface area contributed by atoms with E-state index in [0.29, 0.717) is 18.9 Å². The molecular weight excluding hydrogens is 304 g/mol. The normalized spacial score (nSPS) is 19.7. The summed E-state index contributed by atoms with van der Waals surface area (Å²) in [6.45, 7) is 1.13. The van der Waals surface area contributed by atoms with Gasteiger partial charge in [0.05, 0.1) is 11.8 Å². The molecule has 1 atom stereocenters. The third-order valence-electron chi connectivity index (χ3n) is 4.70. The quantitative estimate of drug-likeness (QED) is 0.876. The lowest BCUT2D eigenvalue weighted by Gasteiger charge is -2.41. The molecule has 24 heavy (non-hydrogen) atoms. The Morgan fingerprint density at radius 1 is 1.29 bits per heavy atom. The molecule has 0 saturated carbocycles. The van der Waals surface area contributed by atoms with Gasteiger partial charge in [-0.05, 0) is 17.5 Å². The molecule has 0 bridgehead atoms. The van der Waals surface area contributed by atoms with Crippen molar-refractivity contribution in [2.45, 2.75) is 18.3 Å². The number of benzene rings is 1. The van der Waals surface area contributed by atoms with Crippen LogP contribution in [0.5, 0.6) is 0 Å². The molecule has 3 N–H and O–H groups in total. The predicted molar refractivity (Wildman–Crippen MR) is 91.4 cm³/mol. The largest absolute Gasteiger partial charge is 0.383 e. The summed E-state index contributed by atoms with van der Waals surface area (Å²) < 4.78 is 0. The number of amides is 1. The second-order valence-corrected chi connectivity index (χ2v) is 6.32. The molecule has 1 fully saturated rings. The van der Waals surface area contributed by atoms with E-state index in [4.69, 9.17) is 5.73 Å². The monoisotopic (exact) mass is 322 g/mol. The summed E-state index contributed by atoms with van der Waals surface area (Å²) in [5.41, 5.74) is 7.56. The minimum Gasteiger partial charge on any atom is -0.383 e. The van der Waals surface area contributed by atoms with Crippen LogP contribution in [-0.4, -0.2) is 33.9 Å². The summed E-state index contributed by atoms with van der Waals surface area (Å²) in [4.78, 5) is 33.0. The second-order valence-electron chi connectivity index (χ2n) is 6.32. The predicted octanol–water partition coefficient (Wildman–Crippen LogP) is 1.48. The Hall–Kier alpha value is -2.89. The highest BCUT2D eigenvalue weighted by Crippen LogP contribution is 2.34. The van der Waals surface area contributed by atoms with E-state index < -0.39 is 0 Å². The van der Waals surface area contributed by atoms with Crippen LogP contribution in [0.4, 0.5) is 5.82 Å². The van der Waals surface area contributed by atoms with Crippen molar-refractivity contribution in [3.8, 4) is 0 Å². The highest BCUT2D eigenvalue weighted by molar-refractivity contribution is 5.87. The van der Waals surface area contributed by atoms with Gasteiger partial charge in [0.2, 0.25) is 5.91 Å². The van der Waals surface area contributed by atoms with Crippen molar-refractivity contribution in [2.75, 3.05) is 18.8 Å². The minimum absolute atomic E-state index is 0.0412. The lowest BCUT2D eigenvalue weighted by atomic mass is 9.84. The van der Waals surface area contributed by atoms with Crippen LogP contribution in [0.2, 0.25) is 0 Å². The van der Waals surface area contributed by atoms with E-state index in [1.807, 2.05) is 29.2 Å². The zero-order valence-corrected chi connectivity index (χ0v) is 13.1. The molecule has 6 heteroatoms. The Balaban J connectivity index is 1.48. The number of rotatable bonds is 2. The molecule has 1 amide bonds. The van der Waals surface area contributed by atoms with E-state index in [2.05, 4.69) is 22.1 Å². The van der Waals surface area contributed by atoms with Gasteiger partial charge in [-0.2, -0.15) is 0 Å². The number of likely N-dealkylation sites (tertiary alicyclic amines) is 1. The van der Waals surface area contributed by atoms with Crippen LogP contribution in [-0.2, 0) is 4.79 Å². The molecule has 6 nitrogen and oxygen atoms in total. The van der Waals surface area contributed by atoms with Gasteiger partial charge in [0.25, 0.3) is 5.56 Å². The SMILES string of the molecule is Nc1cc(=O)[nH]c(C2CN(C(=O)C3CC=Cc4ccccc43)C2)n1. The van der Waals surface area contributed by atoms with E-state index in [0.717, 1.165) is 17.5 Å². The fraction of sp³-hybridized carbons (Fsp3) is 0.278. The molecule has 2 aromatic rings. The average molecular weight is 322 g/mol. The lowest BCUT2D eigenvalue weighted by molar-refractivity contribution is -0.137. The average Bonchev–Trinajstić information content (AvgIpc) is 2.52. The molecule has 1 aromatic heterocycles. The Morgan fingerprint density at radius 3 is 2.88 bits per heavy atom. The summed E-state index contributed by atoms with van der Waals surface area (Å²) in [5, 5.41) is 0. The Bertz CT molecular complexity index is 881. The number of hydrogen-bond donors (Lipinski definition) is 2. The van der Waals surface area contributed by atoms with Crippen molar-refractivity contribution in [2.24, 2.45) is 0 Å². The first kappa shape index (κ1) is 14.7. The molecule has 0 radical (unpaired) electrons. The molecule has 0 spiro atoms. The first-order valence-electron chi connectivity index (χ1n) is 8.03. The Labute approximate surface area is 139 Å². The third-order valence-corrected chi connectivity index (χ3v) is 4.70. The van der Waals surface area contributed by atoms with Gasteiger partial charge in [-0.15, -0.1) is 0 Å². The van der Waals surface area contributed by atoms with Crippen LogP contribution in [0, 0.1) is 0 Å². The van der Waals surface area contributed by atoms with E-state index >= 15 is 0 Å². The number of nitrogens with two attached hydrogens (primary N) is 1. The van der Waals surface area contributed by atoms with Crippen LogP contribution in [0.15, 0.2) is 41.2 Å². The standard InChI is InChI=1S/C18H18N4O2/c19-15-8-16(23)21-17(20-15)12-9-22(10-12)18(24)14-7-3-5-11-4-1-2-6-13(11)14/h1-6,8,12,14H,7,9-10H2,(H3,19,20,21,23). The summed E-state index contributed by atoms with van der Waals surface area (Å²) in [7, 11) is 0. The molecule has 2 heterocycles. The topological polar surface area (TPSA) is 92.1 Å². The highest BCUT2D eigenvalue weighted by Gasteiger charge is 2.37. The van der Waals surface area contributed by atoms with E-state index in [1.165, 1.54) is 6.07 Å². The first-order valence-corrected chi connectivity index (χ1v) is 8.03. The minimum atomic E-state index is -0.256. The number of hydrogen-bond acceptors (Lipinski definition) is 4. The molecular formula is C18H18N4O2. The third kappa shape index (κ3) is 2.50. The Kier molecular flexibility index (Phi) is 3.45. The van der Waals surface area contributed by atoms with Gasteiger partial charge in [0.1, 0.15) is 11.6 Å². The van der Waals surface area contributed by atoms with Gasteiger partial charge in [0, 0.05) is 19.2 Å². The smallest absolute Gasteiger partial charge is 0.252 e. The summed E-state index contributed by atoms with van der Waals surface area (Å²) in [5.74, 6) is 0.826. The number of nitrogens with zero attached hydrogens (tertiary/aromatic N) is 2. The molecule has 1 aliphatic heterocycles. The van der Waals surface area contributed by atoms with Crippen molar-refractivity contribution >= 4 is 17.8 Å². The van der Waals surface area contributed by atoms with Gasteiger partial charge in [-0.1, -0.05) is 36.4 Å². The molecule has 1 aromatic carbocycles. The summed E-state index contributed by atoms with van der Waals surface area (Å²) >= 11 is 0. The highest BCUT2D eigenvalue weighted by atomic mass is 16.2. The molecule has 122 valence electrons.